The highest BCUT2D eigenvalue weighted by Crippen LogP contribution is 2.66. The molecule has 4 rings (SSSR count). The molecular weight excluding hydrogens is 272 g/mol. The van der Waals surface area contributed by atoms with E-state index in [1.807, 2.05) is 0 Å². The summed E-state index contributed by atoms with van der Waals surface area (Å²) in [5.74, 6) is 4.00. The molecule has 4 aliphatic rings. The minimum absolute atomic E-state index is 0.219. The SMILES string of the molecule is C[C@@H]1CCC2(OO2)[C@@]2(C)CC[C@H]3[C@H](C)CC[C@@H](C[C@H]12)C3(C)C. The van der Waals surface area contributed by atoms with Gasteiger partial charge in [0.15, 0.2) is 0 Å². The van der Waals surface area contributed by atoms with Crippen LogP contribution in [0.3, 0.4) is 0 Å². The van der Waals surface area contributed by atoms with Gasteiger partial charge in [-0.15, -0.1) is 0 Å². The highest BCUT2D eigenvalue weighted by Gasteiger charge is 2.69. The van der Waals surface area contributed by atoms with Gasteiger partial charge in [0.25, 0.3) is 0 Å². The molecule has 0 aromatic carbocycles. The second-order valence-electron chi connectivity index (χ2n) is 9.91. The smallest absolute Gasteiger partial charge is 0.194 e. The Balaban J connectivity index is 1.71. The lowest BCUT2D eigenvalue weighted by molar-refractivity contribution is -0.105. The summed E-state index contributed by atoms with van der Waals surface area (Å²) >= 11 is 0. The molecule has 0 amide bonds. The molecule has 1 heterocycles. The van der Waals surface area contributed by atoms with Crippen LogP contribution in [0.25, 0.3) is 0 Å². The van der Waals surface area contributed by atoms with Gasteiger partial charge in [0.1, 0.15) is 0 Å². The summed E-state index contributed by atoms with van der Waals surface area (Å²) in [7, 11) is 0. The first-order valence-corrected chi connectivity index (χ1v) is 9.67. The molecule has 4 fully saturated rings. The van der Waals surface area contributed by atoms with Gasteiger partial charge in [0.05, 0.1) is 0 Å². The van der Waals surface area contributed by atoms with E-state index >= 15 is 0 Å². The van der Waals surface area contributed by atoms with Crippen molar-refractivity contribution in [2.24, 2.45) is 40.4 Å². The van der Waals surface area contributed by atoms with Crippen molar-refractivity contribution in [2.45, 2.75) is 85.4 Å². The van der Waals surface area contributed by atoms with Crippen LogP contribution in [0.2, 0.25) is 0 Å². The molecule has 2 nitrogen and oxygen atoms in total. The van der Waals surface area contributed by atoms with Gasteiger partial charge in [-0.05, 0) is 67.1 Å². The molecule has 6 atom stereocenters. The van der Waals surface area contributed by atoms with Crippen LogP contribution in [0.5, 0.6) is 0 Å². The molecular formula is C20H34O2. The third-order valence-corrected chi connectivity index (χ3v) is 8.77. The fraction of sp³-hybridized carbons (Fsp3) is 1.00. The Morgan fingerprint density at radius 2 is 1.45 bits per heavy atom. The van der Waals surface area contributed by atoms with Crippen LogP contribution in [-0.2, 0) is 9.78 Å². The third-order valence-electron chi connectivity index (χ3n) is 8.77. The van der Waals surface area contributed by atoms with E-state index in [1.54, 1.807) is 0 Å². The molecule has 2 heteroatoms. The lowest BCUT2D eigenvalue weighted by Crippen LogP contribution is -2.53. The van der Waals surface area contributed by atoms with E-state index in [4.69, 9.17) is 9.78 Å². The largest absolute Gasteiger partial charge is 0.239 e. The number of hydrogen-bond donors (Lipinski definition) is 0. The Kier molecular flexibility index (Phi) is 3.32. The summed E-state index contributed by atoms with van der Waals surface area (Å²) in [6.07, 6.45) is 9.28. The maximum Gasteiger partial charge on any atom is 0.239 e. The molecule has 3 saturated carbocycles. The summed E-state index contributed by atoms with van der Waals surface area (Å²) in [6.45, 7) is 12.6. The quantitative estimate of drug-likeness (QED) is 0.432. The molecule has 0 unspecified atom stereocenters. The molecule has 22 heavy (non-hydrogen) atoms. The van der Waals surface area contributed by atoms with Gasteiger partial charge in [-0.25, -0.2) is 0 Å². The molecule has 126 valence electrons. The van der Waals surface area contributed by atoms with E-state index in [0.29, 0.717) is 5.41 Å². The summed E-state index contributed by atoms with van der Waals surface area (Å²) in [5, 5.41) is 0. The molecule has 3 aliphatic carbocycles. The van der Waals surface area contributed by atoms with Gasteiger partial charge in [0, 0.05) is 11.8 Å². The highest BCUT2D eigenvalue weighted by molar-refractivity contribution is 5.07. The molecule has 1 spiro atoms. The van der Waals surface area contributed by atoms with E-state index < -0.39 is 0 Å². The number of rotatable bonds is 0. The number of fused-ring (bicyclic) bond motifs is 4. The van der Waals surface area contributed by atoms with E-state index in [9.17, 15) is 0 Å². The molecule has 1 aliphatic heterocycles. The lowest BCUT2D eigenvalue weighted by Gasteiger charge is -2.57. The Bertz CT molecular complexity index is 453. The van der Waals surface area contributed by atoms with Crippen molar-refractivity contribution in [3.63, 3.8) is 0 Å². The van der Waals surface area contributed by atoms with Gasteiger partial charge in [-0.1, -0.05) is 41.0 Å². The van der Waals surface area contributed by atoms with Gasteiger partial charge in [0.2, 0.25) is 5.79 Å². The zero-order valence-corrected chi connectivity index (χ0v) is 15.2. The average Bonchev–Trinajstić information content (AvgIpc) is 3.22. The molecule has 0 aromatic heterocycles. The normalized spacial score (nSPS) is 52.5. The molecule has 0 radical (unpaired) electrons. The van der Waals surface area contributed by atoms with Crippen molar-refractivity contribution < 1.29 is 9.78 Å². The van der Waals surface area contributed by atoms with Crippen LogP contribution in [0, 0.1) is 40.4 Å². The van der Waals surface area contributed by atoms with E-state index in [2.05, 4.69) is 34.6 Å². The van der Waals surface area contributed by atoms with E-state index in [0.717, 1.165) is 36.0 Å². The van der Waals surface area contributed by atoms with Crippen LogP contribution < -0.4 is 0 Å². The van der Waals surface area contributed by atoms with Crippen molar-refractivity contribution in [1.29, 1.82) is 0 Å². The average molecular weight is 306 g/mol. The predicted octanol–water partition coefficient (Wildman–Crippen LogP) is 5.57. The first-order valence-electron chi connectivity index (χ1n) is 9.67. The van der Waals surface area contributed by atoms with Crippen LogP contribution in [0.15, 0.2) is 0 Å². The van der Waals surface area contributed by atoms with Crippen LogP contribution >= 0.6 is 0 Å². The van der Waals surface area contributed by atoms with E-state index in [1.165, 1.54) is 38.5 Å². The van der Waals surface area contributed by atoms with Crippen LogP contribution in [-0.4, -0.2) is 5.79 Å². The zero-order chi connectivity index (χ0) is 15.8. The van der Waals surface area contributed by atoms with Gasteiger partial charge in [-0.3, -0.25) is 0 Å². The summed E-state index contributed by atoms with van der Waals surface area (Å²) in [5.41, 5.74) is 0.739. The lowest BCUT2D eigenvalue weighted by atomic mass is 9.47. The molecule has 1 saturated heterocycles. The van der Waals surface area contributed by atoms with Crippen molar-refractivity contribution in [1.82, 2.24) is 0 Å². The topological polar surface area (TPSA) is 25.1 Å². The van der Waals surface area contributed by atoms with Gasteiger partial charge < -0.3 is 0 Å². The Labute approximate surface area is 136 Å². The summed E-state index contributed by atoms with van der Waals surface area (Å²) in [4.78, 5) is 11.3. The van der Waals surface area contributed by atoms with Crippen LogP contribution in [0.4, 0.5) is 0 Å². The Morgan fingerprint density at radius 3 is 2.14 bits per heavy atom. The molecule has 0 aromatic rings. The molecule has 0 N–H and O–H groups in total. The summed E-state index contributed by atoms with van der Waals surface area (Å²) in [6, 6.07) is 0. The second kappa shape index (κ2) is 4.72. The Morgan fingerprint density at radius 1 is 0.773 bits per heavy atom. The first-order chi connectivity index (χ1) is 10.3. The monoisotopic (exact) mass is 306 g/mol. The van der Waals surface area contributed by atoms with Crippen molar-refractivity contribution in [3.8, 4) is 0 Å². The van der Waals surface area contributed by atoms with Gasteiger partial charge in [-0.2, -0.15) is 9.78 Å². The minimum atomic E-state index is -0.219. The maximum absolute atomic E-state index is 5.66. The van der Waals surface area contributed by atoms with E-state index in [-0.39, 0.29) is 11.2 Å². The maximum atomic E-state index is 5.66. The Hall–Kier alpha value is -0.0800. The first kappa shape index (κ1) is 15.4. The minimum Gasteiger partial charge on any atom is -0.194 e. The summed E-state index contributed by atoms with van der Waals surface area (Å²) < 4.78 is 0. The highest BCUT2D eigenvalue weighted by atomic mass is 17.4. The molecule has 2 bridgehead atoms. The zero-order valence-electron chi connectivity index (χ0n) is 15.2. The predicted molar refractivity (Wildman–Crippen MR) is 87.9 cm³/mol. The number of hydrogen-bond acceptors (Lipinski definition) is 2. The van der Waals surface area contributed by atoms with Crippen molar-refractivity contribution >= 4 is 0 Å². The van der Waals surface area contributed by atoms with Gasteiger partial charge >= 0.3 is 0 Å². The fourth-order valence-electron chi connectivity index (χ4n) is 6.92. The standard InChI is InChI=1S/C20H34O2/c1-13-6-7-15-12-17-14(2)8-11-20(21-22-20)19(17,5)10-9-16(13)18(15,3)4/h13-17H,6-12H2,1-5H3/t13-,14-,15+,16+,17-,19+/m1/s1. The fourth-order valence-corrected chi connectivity index (χ4v) is 6.92. The third kappa shape index (κ3) is 1.92. The van der Waals surface area contributed by atoms with Crippen LogP contribution in [0.1, 0.15) is 79.6 Å². The van der Waals surface area contributed by atoms with Crippen molar-refractivity contribution in [3.05, 3.63) is 0 Å². The van der Waals surface area contributed by atoms with Crippen molar-refractivity contribution in [2.75, 3.05) is 0 Å². The second-order valence-corrected chi connectivity index (χ2v) is 9.91.